The Balaban J connectivity index is 0.00000137. The van der Waals surface area contributed by atoms with Crippen molar-refractivity contribution in [2.75, 3.05) is 0 Å². The molecule has 0 heteroatoms. The highest BCUT2D eigenvalue weighted by Crippen LogP contribution is 2.32. The van der Waals surface area contributed by atoms with Crippen LogP contribution in [-0.2, 0) is 10.8 Å². The number of hydrogen-bond donors (Lipinski definition) is 0. The Hall–Kier alpha value is -0.780. The molecule has 1 aromatic carbocycles. The molecule has 0 saturated carbocycles. The van der Waals surface area contributed by atoms with E-state index < -0.39 is 0 Å². The molecule has 0 aromatic heterocycles. The van der Waals surface area contributed by atoms with E-state index in [9.17, 15) is 0 Å². The van der Waals surface area contributed by atoms with Crippen molar-refractivity contribution in [1.82, 2.24) is 0 Å². The van der Waals surface area contributed by atoms with E-state index in [1.807, 2.05) is 13.8 Å². The van der Waals surface area contributed by atoms with Gasteiger partial charge in [-0.3, -0.25) is 0 Å². The molecule has 0 N–H and O–H groups in total. The maximum atomic E-state index is 2.32. The molecule has 0 aliphatic rings. The van der Waals surface area contributed by atoms with Crippen molar-refractivity contribution >= 4 is 0 Å². The zero-order chi connectivity index (χ0) is 14.6. The minimum Gasteiger partial charge on any atom is -0.0683 e. The van der Waals surface area contributed by atoms with Gasteiger partial charge in [-0.05, 0) is 27.9 Å². The van der Waals surface area contributed by atoms with E-state index in [2.05, 4.69) is 72.7 Å². The van der Waals surface area contributed by atoms with Crippen molar-refractivity contribution in [2.45, 2.75) is 73.1 Å². The van der Waals surface area contributed by atoms with Crippen molar-refractivity contribution in [3.8, 4) is 0 Å². The molecule has 0 radical (unpaired) electrons. The predicted molar refractivity (Wildman–Crippen MR) is 84.4 cm³/mol. The van der Waals surface area contributed by atoms with Crippen LogP contribution < -0.4 is 0 Å². The second-order valence-electron chi connectivity index (χ2n) is 6.70. The van der Waals surface area contributed by atoms with Gasteiger partial charge in [0.1, 0.15) is 0 Å². The summed E-state index contributed by atoms with van der Waals surface area (Å²) in [5, 5.41) is 0. The summed E-state index contributed by atoms with van der Waals surface area (Å²) in [6.07, 6.45) is 0. The first-order valence-corrected chi connectivity index (χ1v) is 7.26. The van der Waals surface area contributed by atoms with Gasteiger partial charge in [0.05, 0.1) is 0 Å². The van der Waals surface area contributed by atoms with Crippen molar-refractivity contribution in [2.24, 2.45) is 5.92 Å². The van der Waals surface area contributed by atoms with Gasteiger partial charge in [-0.1, -0.05) is 86.6 Å². The summed E-state index contributed by atoms with van der Waals surface area (Å²) in [4.78, 5) is 0. The Bertz CT molecular complexity index is 333. The Morgan fingerprint density at radius 3 is 1.33 bits per heavy atom. The first-order valence-electron chi connectivity index (χ1n) is 7.26. The summed E-state index contributed by atoms with van der Waals surface area (Å²) in [6.45, 7) is 20.0. The van der Waals surface area contributed by atoms with E-state index in [0.717, 1.165) is 0 Å². The fourth-order valence-corrected chi connectivity index (χ4v) is 1.73. The van der Waals surface area contributed by atoms with E-state index in [1.54, 1.807) is 0 Å². The molecule has 0 aliphatic carbocycles. The van der Waals surface area contributed by atoms with Gasteiger partial charge >= 0.3 is 0 Å². The molecule has 0 unspecified atom stereocenters. The first kappa shape index (κ1) is 17.2. The van der Waals surface area contributed by atoms with E-state index in [1.165, 1.54) is 11.1 Å². The molecule has 0 spiro atoms. The van der Waals surface area contributed by atoms with Crippen molar-refractivity contribution in [1.29, 1.82) is 0 Å². The van der Waals surface area contributed by atoms with Gasteiger partial charge in [-0.2, -0.15) is 0 Å². The average Bonchev–Trinajstić information content (AvgIpc) is 2.30. The summed E-state index contributed by atoms with van der Waals surface area (Å²) in [5.41, 5.74) is 3.36. The summed E-state index contributed by atoms with van der Waals surface area (Å²) < 4.78 is 0. The van der Waals surface area contributed by atoms with Crippen molar-refractivity contribution < 1.29 is 0 Å². The van der Waals surface area contributed by atoms with Gasteiger partial charge in [0.25, 0.3) is 0 Å². The Morgan fingerprint density at radius 1 is 0.722 bits per heavy atom. The average molecular weight is 248 g/mol. The van der Waals surface area contributed by atoms with E-state index in [-0.39, 0.29) is 10.8 Å². The minimum absolute atomic E-state index is 0.250. The monoisotopic (exact) mass is 248 g/mol. The van der Waals surface area contributed by atoms with Crippen LogP contribution in [0.3, 0.4) is 0 Å². The molecule has 0 heterocycles. The standard InChI is InChI=1S/C16H26.C2H6/c1-12(2)16(6,7)14-10-8-13(9-11-14)15(3,4)5;1-2/h8-12H,1-7H3;1-2H3. The largest absolute Gasteiger partial charge is 0.0683 e. The minimum atomic E-state index is 0.250. The second kappa shape index (κ2) is 6.41. The molecule has 0 aliphatic heterocycles. The lowest BCUT2D eigenvalue weighted by Gasteiger charge is -2.30. The maximum absolute atomic E-state index is 2.32. The third-order valence-corrected chi connectivity index (χ3v) is 3.94. The SMILES string of the molecule is CC.CC(C)C(C)(C)c1ccc(C(C)(C)C)cc1. The smallest absolute Gasteiger partial charge is 0.00806 e. The lowest BCUT2D eigenvalue weighted by Crippen LogP contribution is -2.24. The zero-order valence-electron chi connectivity index (χ0n) is 13.9. The molecule has 104 valence electrons. The lowest BCUT2D eigenvalue weighted by atomic mass is 9.74. The van der Waals surface area contributed by atoms with Crippen LogP contribution in [0.5, 0.6) is 0 Å². The third kappa shape index (κ3) is 4.15. The Morgan fingerprint density at radius 2 is 1.06 bits per heavy atom. The zero-order valence-corrected chi connectivity index (χ0v) is 13.9. The molecule has 0 bridgehead atoms. The van der Waals surface area contributed by atoms with E-state index in [4.69, 9.17) is 0 Å². The van der Waals surface area contributed by atoms with Crippen LogP contribution >= 0.6 is 0 Å². The molecular weight excluding hydrogens is 216 g/mol. The van der Waals surface area contributed by atoms with Crippen LogP contribution in [0.25, 0.3) is 0 Å². The van der Waals surface area contributed by atoms with Gasteiger partial charge in [-0.15, -0.1) is 0 Å². The fraction of sp³-hybridized carbons (Fsp3) is 0.667. The number of hydrogen-bond acceptors (Lipinski definition) is 0. The molecule has 0 amide bonds. The third-order valence-electron chi connectivity index (χ3n) is 3.94. The molecule has 0 nitrogen and oxygen atoms in total. The highest BCUT2D eigenvalue weighted by atomic mass is 14.3. The predicted octanol–water partition coefficient (Wildman–Crippen LogP) is 5.94. The normalized spacial score (nSPS) is 12.1. The number of benzene rings is 1. The van der Waals surface area contributed by atoms with Gasteiger partial charge in [0.15, 0.2) is 0 Å². The maximum Gasteiger partial charge on any atom is -0.00806 e. The van der Waals surface area contributed by atoms with Crippen molar-refractivity contribution in [3.05, 3.63) is 35.4 Å². The highest BCUT2D eigenvalue weighted by molar-refractivity contribution is 5.31. The summed E-state index contributed by atoms with van der Waals surface area (Å²) >= 11 is 0. The van der Waals surface area contributed by atoms with Gasteiger partial charge in [0.2, 0.25) is 0 Å². The van der Waals surface area contributed by atoms with Crippen LogP contribution in [0.1, 0.15) is 73.4 Å². The fourth-order valence-electron chi connectivity index (χ4n) is 1.73. The van der Waals surface area contributed by atoms with E-state index >= 15 is 0 Å². The topological polar surface area (TPSA) is 0 Å². The molecule has 0 saturated heterocycles. The molecule has 1 aromatic rings. The van der Waals surface area contributed by atoms with Gasteiger partial charge in [-0.25, -0.2) is 0 Å². The second-order valence-corrected chi connectivity index (χ2v) is 6.70. The van der Waals surface area contributed by atoms with Crippen LogP contribution in [0, 0.1) is 5.92 Å². The van der Waals surface area contributed by atoms with Crippen LogP contribution in [-0.4, -0.2) is 0 Å². The number of rotatable bonds is 2. The van der Waals surface area contributed by atoms with Crippen LogP contribution in [0.15, 0.2) is 24.3 Å². The summed E-state index contributed by atoms with van der Waals surface area (Å²) in [5.74, 6) is 0.660. The summed E-state index contributed by atoms with van der Waals surface area (Å²) in [7, 11) is 0. The molecule has 18 heavy (non-hydrogen) atoms. The first-order chi connectivity index (χ1) is 8.15. The Kier molecular flexibility index (Phi) is 6.13. The molecule has 1 rings (SSSR count). The van der Waals surface area contributed by atoms with Crippen LogP contribution in [0.2, 0.25) is 0 Å². The van der Waals surface area contributed by atoms with E-state index in [0.29, 0.717) is 5.92 Å². The summed E-state index contributed by atoms with van der Waals surface area (Å²) in [6, 6.07) is 9.14. The molecular formula is C18H32. The highest BCUT2D eigenvalue weighted by Gasteiger charge is 2.25. The lowest BCUT2D eigenvalue weighted by molar-refractivity contribution is 0.372. The van der Waals surface area contributed by atoms with Gasteiger partial charge < -0.3 is 0 Å². The Labute approximate surface area is 115 Å². The van der Waals surface area contributed by atoms with Crippen molar-refractivity contribution in [3.63, 3.8) is 0 Å². The quantitative estimate of drug-likeness (QED) is 0.607. The van der Waals surface area contributed by atoms with Gasteiger partial charge in [0, 0.05) is 0 Å². The molecule has 0 fully saturated rings. The molecule has 0 atom stereocenters. The van der Waals surface area contributed by atoms with Crippen LogP contribution in [0.4, 0.5) is 0 Å².